The van der Waals surface area contributed by atoms with E-state index in [1.807, 2.05) is 24.3 Å². The van der Waals surface area contributed by atoms with Crippen LogP contribution in [0.4, 0.5) is 10.5 Å². The van der Waals surface area contributed by atoms with E-state index in [0.29, 0.717) is 16.8 Å². The maximum Gasteiger partial charge on any atom is 0.352 e. The predicted octanol–water partition coefficient (Wildman–Crippen LogP) is 4.72. The fraction of sp³-hybridized carbons (Fsp3) is 0. The normalized spacial score (nSPS) is 11.0. The Bertz CT molecular complexity index is 1300. The molecule has 0 saturated heterocycles. The first kappa shape index (κ1) is 20.2. The summed E-state index contributed by atoms with van der Waals surface area (Å²) in [5.74, 6) is 0.611. The van der Waals surface area contributed by atoms with Gasteiger partial charge in [-0.25, -0.2) is 4.79 Å². The first-order valence-electron chi connectivity index (χ1n) is 9.32. The van der Waals surface area contributed by atoms with Gasteiger partial charge in [0.25, 0.3) is 0 Å². The molecular formula is C23H18N2O5S. The zero-order chi connectivity index (χ0) is 21.7. The third kappa shape index (κ3) is 4.93. The van der Waals surface area contributed by atoms with Crippen LogP contribution in [0.15, 0.2) is 102 Å². The zero-order valence-corrected chi connectivity index (χ0v) is 17.0. The lowest BCUT2D eigenvalue weighted by Gasteiger charge is -2.11. The smallest absolute Gasteiger partial charge is 0.352 e. The van der Waals surface area contributed by atoms with E-state index in [1.54, 1.807) is 42.5 Å². The van der Waals surface area contributed by atoms with E-state index in [9.17, 15) is 13.2 Å². The van der Waals surface area contributed by atoms with Gasteiger partial charge in [-0.1, -0.05) is 54.6 Å². The maximum absolute atomic E-state index is 12.8. The average Bonchev–Trinajstić information content (AvgIpc) is 2.79. The van der Waals surface area contributed by atoms with Gasteiger partial charge < -0.3 is 14.3 Å². The summed E-state index contributed by atoms with van der Waals surface area (Å²) in [6, 6.07) is 26.3. The number of urea groups is 1. The van der Waals surface area contributed by atoms with Gasteiger partial charge in [0, 0.05) is 11.1 Å². The molecule has 31 heavy (non-hydrogen) atoms. The Hall–Kier alpha value is -4.04. The molecule has 0 aromatic heterocycles. The van der Waals surface area contributed by atoms with Crippen LogP contribution in [-0.2, 0) is 10.1 Å². The lowest BCUT2D eigenvalue weighted by atomic mass is 10.1. The predicted molar refractivity (Wildman–Crippen MR) is 117 cm³/mol. The number of nitrogens with one attached hydrogen (secondary N) is 2. The van der Waals surface area contributed by atoms with E-state index in [-0.39, 0.29) is 10.6 Å². The molecule has 0 aliphatic heterocycles. The standard InChI is InChI=1S/C23H18N2O5S/c26-23(25-29-19-9-2-1-3-10-19)24-18-13-15-20(16-14-18)30-31(27,28)22-12-6-8-17-7-4-5-11-21(17)22/h1-16H,(H2,24,25,26). The van der Waals surface area contributed by atoms with E-state index in [1.165, 1.54) is 30.3 Å². The monoisotopic (exact) mass is 434 g/mol. The number of fused-ring (bicyclic) bond motifs is 1. The molecule has 2 N–H and O–H groups in total. The Morgan fingerprint density at radius 2 is 1.39 bits per heavy atom. The molecule has 0 heterocycles. The summed E-state index contributed by atoms with van der Waals surface area (Å²) < 4.78 is 30.8. The van der Waals surface area contributed by atoms with E-state index >= 15 is 0 Å². The van der Waals surface area contributed by atoms with Gasteiger partial charge in [0.05, 0.1) is 0 Å². The Morgan fingerprint density at radius 1 is 0.710 bits per heavy atom. The average molecular weight is 434 g/mol. The van der Waals surface area contributed by atoms with E-state index < -0.39 is 16.1 Å². The third-order valence-corrected chi connectivity index (χ3v) is 5.65. The van der Waals surface area contributed by atoms with Crippen molar-refractivity contribution in [2.24, 2.45) is 0 Å². The fourth-order valence-corrected chi connectivity index (χ4v) is 4.08. The lowest BCUT2D eigenvalue weighted by molar-refractivity contribution is 0.189. The molecule has 4 rings (SSSR count). The SMILES string of the molecule is O=C(NOc1ccccc1)Nc1ccc(OS(=O)(=O)c2cccc3ccccc23)cc1. The summed E-state index contributed by atoms with van der Waals surface area (Å²) in [5.41, 5.74) is 2.70. The van der Waals surface area contributed by atoms with Crippen LogP contribution in [0, 0.1) is 0 Å². The molecule has 7 nitrogen and oxygen atoms in total. The van der Waals surface area contributed by atoms with E-state index in [2.05, 4.69) is 10.8 Å². The second kappa shape index (κ2) is 8.76. The Morgan fingerprint density at radius 3 is 2.16 bits per heavy atom. The molecular weight excluding hydrogens is 416 g/mol. The zero-order valence-electron chi connectivity index (χ0n) is 16.2. The second-order valence-electron chi connectivity index (χ2n) is 6.51. The summed E-state index contributed by atoms with van der Waals surface area (Å²) in [4.78, 5) is 17.2. The number of para-hydroxylation sites is 1. The number of hydrogen-bond acceptors (Lipinski definition) is 5. The minimum absolute atomic E-state index is 0.0882. The number of carbonyl (C=O) groups is 1. The van der Waals surface area contributed by atoms with E-state index in [0.717, 1.165) is 5.39 Å². The summed E-state index contributed by atoms with van der Waals surface area (Å²) in [5, 5.41) is 3.96. The molecule has 0 unspecified atom stereocenters. The number of rotatable bonds is 6. The molecule has 0 saturated carbocycles. The second-order valence-corrected chi connectivity index (χ2v) is 8.03. The van der Waals surface area contributed by atoms with Gasteiger partial charge in [-0.15, -0.1) is 0 Å². The van der Waals surface area contributed by atoms with Gasteiger partial charge in [-0.3, -0.25) is 0 Å². The highest BCUT2D eigenvalue weighted by molar-refractivity contribution is 7.87. The molecule has 0 fully saturated rings. The van der Waals surface area contributed by atoms with Gasteiger partial charge in [0.15, 0.2) is 5.75 Å². The molecule has 156 valence electrons. The van der Waals surface area contributed by atoms with Crippen LogP contribution in [-0.4, -0.2) is 14.4 Å². The Labute approximate surface area is 179 Å². The van der Waals surface area contributed by atoms with Gasteiger partial charge in [0.1, 0.15) is 10.6 Å². The quantitative estimate of drug-likeness (QED) is 0.338. The molecule has 2 amide bonds. The highest BCUT2D eigenvalue weighted by atomic mass is 32.2. The lowest BCUT2D eigenvalue weighted by Crippen LogP contribution is -2.31. The summed E-state index contributed by atoms with van der Waals surface area (Å²) in [6.45, 7) is 0. The number of amides is 2. The van der Waals surface area contributed by atoms with Crippen molar-refractivity contribution in [1.29, 1.82) is 0 Å². The highest BCUT2D eigenvalue weighted by Crippen LogP contribution is 2.26. The molecule has 0 radical (unpaired) electrons. The number of anilines is 1. The van der Waals surface area contributed by atoms with Crippen molar-refractivity contribution in [2.45, 2.75) is 4.90 Å². The number of hydrogen-bond donors (Lipinski definition) is 2. The summed E-state index contributed by atoms with van der Waals surface area (Å²) >= 11 is 0. The molecule has 4 aromatic rings. The third-order valence-electron chi connectivity index (χ3n) is 4.34. The van der Waals surface area contributed by atoms with Crippen molar-refractivity contribution in [3.05, 3.63) is 97.1 Å². The molecule has 0 atom stereocenters. The van der Waals surface area contributed by atoms with Crippen LogP contribution in [0.3, 0.4) is 0 Å². The van der Waals surface area contributed by atoms with Crippen LogP contribution in [0.5, 0.6) is 11.5 Å². The molecule has 0 aliphatic rings. The Balaban J connectivity index is 1.41. The topological polar surface area (TPSA) is 93.7 Å². The minimum atomic E-state index is -4.03. The minimum Gasteiger partial charge on any atom is -0.379 e. The van der Waals surface area contributed by atoms with Crippen LogP contribution in [0.25, 0.3) is 10.8 Å². The van der Waals surface area contributed by atoms with Gasteiger partial charge in [-0.05, 0) is 47.9 Å². The van der Waals surface area contributed by atoms with Crippen molar-refractivity contribution in [3.8, 4) is 11.5 Å². The molecule has 0 spiro atoms. The van der Waals surface area contributed by atoms with E-state index in [4.69, 9.17) is 9.02 Å². The van der Waals surface area contributed by atoms with Crippen molar-refractivity contribution in [2.75, 3.05) is 5.32 Å². The van der Waals surface area contributed by atoms with Crippen molar-refractivity contribution in [1.82, 2.24) is 5.48 Å². The van der Waals surface area contributed by atoms with Crippen molar-refractivity contribution < 1.29 is 22.2 Å². The molecule has 0 bridgehead atoms. The summed E-state index contributed by atoms with van der Waals surface area (Å²) in [7, 11) is -4.03. The van der Waals surface area contributed by atoms with Crippen LogP contribution < -0.4 is 19.8 Å². The van der Waals surface area contributed by atoms with Crippen LogP contribution in [0.1, 0.15) is 0 Å². The summed E-state index contributed by atoms with van der Waals surface area (Å²) in [6.07, 6.45) is 0. The molecule has 0 aliphatic carbocycles. The number of hydroxylamine groups is 1. The maximum atomic E-state index is 12.8. The molecule has 4 aromatic carbocycles. The largest absolute Gasteiger partial charge is 0.379 e. The van der Waals surface area contributed by atoms with Crippen molar-refractivity contribution >= 4 is 32.6 Å². The van der Waals surface area contributed by atoms with Crippen LogP contribution >= 0.6 is 0 Å². The fourth-order valence-electron chi connectivity index (χ4n) is 2.93. The highest BCUT2D eigenvalue weighted by Gasteiger charge is 2.19. The van der Waals surface area contributed by atoms with Gasteiger partial charge >= 0.3 is 16.1 Å². The van der Waals surface area contributed by atoms with Crippen molar-refractivity contribution in [3.63, 3.8) is 0 Å². The van der Waals surface area contributed by atoms with Gasteiger partial charge in [0.2, 0.25) is 0 Å². The number of carbonyl (C=O) groups excluding carboxylic acids is 1. The number of benzene rings is 4. The molecule has 8 heteroatoms. The first-order valence-corrected chi connectivity index (χ1v) is 10.7. The van der Waals surface area contributed by atoms with Gasteiger partial charge in [-0.2, -0.15) is 13.9 Å². The first-order chi connectivity index (χ1) is 15.0. The Kier molecular flexibility index (Phi) is 5.72. The van der Waals surface area contributed by atoms with Crippen LogP contribution in [0.2, 0.25) is 0 Å².